The average Bonchev–Trinajstić information content (AvgIpc) is 1.90. The summed E-state index contributed by atoms with van der Waals surface area (Å²) in [5.74, 6) is 5.04. The van der Waals surface area contributed by atoms with Gasteiger partial charge in [-0.2, -0.15) is 5.10 Å². The highest BCUT2D eigenvalue weighted by Gasteiger charge is 1.97. The van der Waals surface area contributed by atoms with Gasteiger partial charge in [0.05, 0.1) is 5.71 Å². The van der Waals surface area contributed by atoms with Crippen molar-refractivity contribution in [3.8, 4) is 0 Å². The fourth-order valence-electron chi connectivity index (χ4n) is 0.811. The number of nitrogens with zero attached hydrogens (tertiary/aromatic N) is 1. The lowest BCUT2D eigenvalue weighted by atomic mass is 10.1. The van der Waals surface area contributed by atoms with E-state index < -0.39 is 0 Å². The molecule has 0 aromatic heterocycles. The Labute approximate surface area is 49.1 Å². The van der Waals surface area contributed by atoms with E-state index in [9.17, 15) is 0 Å². The topological polar surface area (TPSA) is 38.4 Å². The van der Waals surface area contributed by atoms with E-state index in [0.29, 0.717) is 0 Å². The summed E-state index contributed by atoms with van der Waals surface area (Å²) in [5.41, 5.74) is 1.02. The fourth-order valence-corrected chi connectivity index (χ4v) is 0.811. The minimum Gasteiger partial charge on any atom is -0.323 e. The molecule has 0 saturated heterocycles. The van der Waals surface area contributed by atoms with Gasteiger partial charge in [0.25, 0.3) is 0 Å². The standard InChI is InChI=1S/C6H10N2/c7-8-6-4-2-1-3-5-6/h2,4H,1,3,5,7H2. The van der Waals surface area contributed by atoms with Gasteiger partial charge >= 0.3 is 0 Å². The maximum Gasteiger partial charge on any atom is 0.0597 e. The van der Waals surface area contributed by atoms with E-state index in [0.717, 1.165) is 12.1 Å². The van der Waals surface area contributed by atoms with Crippen LogP contribution in [0.5, 0.6) is 0 Å². The van der Waals surface area contributed by atoms with Crippen molar-refractivity contribution in [3.05, 3.63) is 12.2 Å². The largest absolute Gasteiger partial charge is 0.323 e. The van der Waals surface area contributed by atoms with Gasteiger partial charge in [-0.1, -0.05) is 6.08 Å². The van der Waals surface area contributed by atoms with E-state index in [2.05, 4.69) is 11.2 Å². The first kappa shape index (κ1) is 5.35. The minimum absolute atomic E-state index is 1.02. The maximum absolute atomic E-state index is 5.04. The summed E-state index contributed by atoms with van der Waals surface area (Å²) in [4.78, 5) is 0. The molecule has 0 fully saturated rings. The molecule has 0 aliphatic heterocycles. The van der Waals surface area contributed by atoms with Gasteiger partial charge in [0.1, 0.15) is 0 Å². The predicted octanol–water partition coefficient (Wildman–Crippen LogP) is 1.04. The molecule has 0 radical (unpaired) electrons. The van der Waals surface area contributed by atoms with E-state index in [1.165, 1.54) is 12.8 Å². The van der Waals surface area contributed by atoms with E-state index in [1.54, 1.807) is 0 Å². The van der Waals surface area contributed by atoms with Crippen molar-refractivity contribution >= 4 is 5.71 Å². The molecule has 0 saturated carbocycles. The van der Waals surface area contributed by atoms with Gasteiger partial charge in [-0.25, -0.2) is 0 Å². The van der Waals surface area contributed by atoms with Crippen LogP contribution in [0.3, 0.4) is 0 Å². The van der Waals surface area contributed by atoms with E-state index in [4.69, 9.17) is 5.84 Å². The van der Waals surface area contributed by atoms with Crippen LogP contribution in [-0.4, -0.2) is 5.71 Å². The molecule has 44 valence electrons. The Bertz CT molecular complexity index is 124. The number of hydrogen-bond donors (Lipinski definition) is 1. The molecule has 0 aromatic rings. The smallest absolute Gasteiger partial charge is 0.0597 e. The van der Waals surface area contributed by atoms with Crippen LogP contribution in [0.25, 0.3) is 0 Å². The summed E-state index contributed by atoms with van der Waals surface area (Å²) >= 11 is 0. The van der Waals surface area contributed by atoms with Crippen molar-refractivity contribution in [2.45, 2.75) is 19.3 Å². The van der Waals surface area contributed by atoms with Crippen LogP contribution in [0.1, 0.15) is 19.3 Å². The SMILES string of the molecule is NN=C1C=CCCC1. The Balaban J connectivity index is 2.56. The second-order valence-electron chi connectivity index (χ2n) is 1.92. The first-order valence-corrected chi connectivity index (χ1v) is 2.87. The second-order valence-corrected chi connectivity index (χ2v) is 1.92. The van der Waals surface area contributed by atoms with E-state index >= 15 is 0 Å². The number of nitrogens with two attached hydrogens (primary N) is 1. The van der Waals surface area contributed by atoms with Crippen LogP contribution in [0.4, 0.5) is 0 Å². The first-order valence-electron chi connectivity index (χ1n) is 2.87. The Hall–Kier alpha value is -0.790. The van der Waals surface area contributed by atoms with Crippen LogP contribution >= 0.6 is 0 Å². The monoisotopic (exact) mass is 110 g/mol. The third-order valence-electron chi connectivity index (χ3n) is 1.28. The molecule has 0 bridgehead atoms. The zero-order valence-corrected chi connectivity index (χ0v) is 4.80. The summed E-state index contributed by atoms with van der Waals surface area (Å²) in [6.07, 6.45) is 7.53. The molecule has 1 rings (SSSR count). The van der Waals surface area contributed by atoms with Crippen molar-refractivity contribution in [1.82, 2.24) is 0 Å². The third kappa shape index (κ3) is 1.09. The zero-order valence-electron chi connectivity index (χ0n) is 4.80. The number of hydrazone groups is 1. The van der Waals surface area contributed by atoms with Crippen molar-refractivity contribution < 1.29 is 0 Å². The second kappa shape index (κ2) is 2.50. The van der Waals surface area contributed by atoms with E-state index in [-0.39, 0.29) is 0 Å². The van der Waals surface area contributed by atoms with Crippen LogP contribution in [0.2, 0.25) is 0 Å². The highest BCUT2D eigenvalue weighted by atomic mass is 15.1. The zero-order chi connectivity index (χ0) is 5.82. The quantitative estimate of drug-likeness (QED) is 0.367. The lowest BCUT2D eigenvalue weighted by Gasteiger charge is -2.02. The van der Waals surface area contributed by atoms with Gasteiger partial charge < -0.3 is 5.84 Å². The van der Waals surface area contributed by atoms with E-state index in [1.807, 2.05) is 6.08 Å². The molecular formula is C6H10N2. The number of allylic oxidation sites excluding steroid dienone is 2. The summed E-state index contributed by atoms with van der Waals surface area (Å²) in [6, 6.07) is 0. The Kier molecular flexibility index (Phi) is 1.67. The number of hydrogen-bond acceptors (Lipinski definition) is 2. The molecule has 8 heavy (non-hydrogen) atoms. The van der Waals surface area contributed by atoms with Crippen LogP contribution in [-0.2, 0) is 0 Å². The molecule has 0 aromatic carbocycles. The first-order chi connectivity index (χ1) is 3.93. The molecule has 0 spiro atoms. The molecule has 1 aliphatic rings. The Morgan fingerprint density at radius 1 is 1.62 bits per heavy atom. The lowest BCUT2D eigenvalue weighted by Crippen LogP contribution is -2.01. The molecule has 0 heterocycles. The van der Waals surface area contributed by atoms with Gasteiger partial charge in [-0.15, -0.1) is 0 Å². The van der Waals surface area contributed by atoms with Crippen LogP contribution in [0, 0.1) is 0 Å². The average molecular weight is 110 g/mol. The number of rotatable bonds is 0. The molecule has 2 heteroatoms. The molecule has 2 nitrogen and oxygen atoms in total. The highest BCUT2D eigenvalue weighted by Crippen LogP contribution is 2.05. The van der Waals surface area contributed by atoms with Gasteiger partial charge in [0.2, 0.25) is 0 Å². The summed E-state index contributed by atoms with van der Waals surface area (Å²) < 4.78 is 0. The molecule has 1 aliphatic carbocycles. The Morgan fingerprint density at radius 2 is 2.50 bits per heavy atom. The van der Waals surface area contributed by atoms with Gasteiger partial charge in [0.15, 0.2) is 0 Å². The Morgan fingerprint density at radius 3 is 2.88 bits per heavy atom. The molecule has 0 amide bonds. The predicted molar refractivity (Wildman–Crippen MR) is 34.6 cm³/mol. The highest BCUT2D eigenvalue weighted by molar-refractivity contribution is 5.95. The van der Waals surface area contributed by atoms with Gasteiger partial charge in [-0.05, 0) is 25.3 Å². The van der Waals surface area contributed by atoms with Crippen molar-refractivity contribution in [3.63, 3.8) is 0 Å². The third-order valence-corrected chi connectivity index (χ3v) is 1.28. The van der Waals surface area contributed by atoms with Crippen molar-refractivity contribution in [2.24, 2.45) is 10.9 Å². The summed E-state index contributed by atoms with van der Waals surface area (Å²) in [6.45, 7) is 0. The normalized spacial score (nSPS) is 24.2. The van der Waals surface area contributed by atoms with Crippen molar-refractivity contribution in [2.75, 3.05) is 0 Å². The fraction of sp³-hybridized carbons (Fsp3) is 0.500. The van der Waals surface area contributed by atoms with Crippen LogP contribution < -0.4 is 5.84 Å². The van der Waals surface area contributed by atoms with Gasteiger partial charge in [-0.3, -0.25) is 0 Å². The molecule has 0 unspecified atom stereocenters. The summed E-state index contributed by atoms with van der Waals surface area (Å²) in [7, 11) is 0. The summed E-state index contributed by atoms with van der Waals surface area (Å²) in [5, 5.41) is 3.58. The van der Waals surface area contributed by atoms with Gasteiger partial charge in [0, 0.05) is 0 Å². The maximum atomic E-state index is 5.04. The van der Waals surface area contributed by atoms with Crippen molar-refractivity contribution in [1.29, 1.82) is 0 Å². The minimum atomic E-state index is 1.02. The molecular weight excluding hydrogens is 100 g/mol. The molecule has 0 atom stereocenters. The van der Waals surface area contributed by atoms with Crippen LogP contribution in [0.15, 0.2) is 17.3 Å². The lowest BCUT2D eigenvalue weighted by molar-refractivity contribution is 0.874. The molecule has 2 N–H and O–H groups in total.